The number of hydrogen-bond donors (Lipinski definition) is 1. The SMILES string of the molecule is COCCCN1CCOc2ccc(CO[C@H]3CN[C@H](CN=O)C[C@@H]3c3ccc(OC)cc3)cc21. The third kappa shape index (κ3) is 6.05. The van der Waals surface area contributed by atoms with E-state index in [2.05, 4.69) is 39.7 Å². The zero-order valence-corrected chi connectivity index (χ0v) is 20.1. The summed E-state index contributed by atoms with van der Waals surface area (Å²) in [6.07, 6.45) is 1.76. The Hall–Kier alpha value is -2.68. The van der Waals surface area contributed by atoms with E-state index in [1.807, 2.05) is 18.2 Å². The van der Waals surface area contributed by atoms with Crippen molar-refractivity contribution in [3.63, 3.8) is 0 Å². The number of methoxy groups -OCH3 is 2. The first-order chi connectivity index (χ1) is 16.7. The summed E-state index contributed by atoms with van der Waals surface area (Å²) in [5.74, 6) is 1.92. The van der Waals surface area contributed by atoms with Crippen molar-refractivity contribution < 1.29 is 18.9 Å². The molecule has 0 bridgehead atoms. The van der Waals surface area contributed by atoms with Crippen LogP contribution in [0, 0.1) is 4.91 Å². The lowest BCUT2D eigenvalue weighted by atomic mass is 9.84. The zero-order valence-electron chi connectivity index (χ0n) is 20.1. The summed E-state index contributed by atoms with van der Waals surface area (Å²) in [6.45, 7) is 4.71. The molecule has 0 spiro atoms. The smallest absolute Gasteiger partial charge is 0.142 e. The van der Waals surface area contributed by atoms with Crippen LogP contribution in [0.1, 0.15) is 29.9 Å². The molecule has 0 aromatic heterocycles. The van der Waals surface area contributed by atoms with Crippen LogP contribution in [0.3, 0.4) is 0 Å². The van der Waals surface area contributed by atoms with Gasteiger partial charge in [-0.2, -0.15) is 4.91 Å². The van der Waals surface area contributed by atoms with E-state index in [9.17, 15) is 4.91 Å². The van der Waals surface area contributed by atoms with Crippen molar-refractivity contribution in [3.8, 4) is 11.5 Å². The summed E-state index contributed by atoms with van der Waals surface area (Å²) in [5.41, 5.74) is 3.42. The predicted octanol–water partition coefficient (Wildman–Crippen LogP) is 3.73. The van der Waals surface area contributed by atoms with Gasteiger partial charge in [-0.05, 0) is 48.2 Å². The highest BCUT2D eigenvalue weighted by molar-refractivity contribution is 5.61. The number of piperidine rings is 1. The van der Waals surface area contributed by atoms with Gasteiger partial charge in [0, 0.05) is 38.8 Å². The second-order valence-electron chi connectivity index (χ2n) is 8.87. The second-order valence-corrected chi connectivity index (χ2v) is 8.87. The lowest BCUT2D eigenvalue weighted by Gasteiger charge is -2.36. The van der Waals surface area contributed by atoms with E-state index in [1.165, 1.54) is 5.56 Å². The van der Waals surface area contributed by atoms with Gasteiger partial charge in [-0.3, -0.25) is 0 Å². The first kappa shape index (κ1) is 24.4. The van der Waals surface area contributed by atoms with Gasteiger partial charge in [0.25, 0.3) is 0 Å². The molecule has 0 aliphatic carbocycles. The minimum atomic E-state index is -0.0126. The molecule has 0 radical (unpaired) electrons. The van der Waals surface area contributed by atoms with E-state index in [0.717, 1.165) is 55.3 Å². The van der Waals surface area contributed by atoms with Gasteiger partial charge in [-0.25, -0.2) is 0 Å². The summed E-state index contributed by atoms with van der Waals surface area (Å²) in [5, 5.41) is 6.54. The van der Waals surface area contributed by atoms with E-state index in [4.69, 9.17) is 18.9 Å². The van der Waals surface area contributed by atoms with Crippen molar-refractivity contribution in [2.75, 3.05) is 58.5 Å². The molecule has 8 heteroatoms. The Morgan fingerprint density at radius 2 is 2.03 bits per heavy atom. The van der Waals surface area contributed by atoms with Crippen molar-refractivity contribution in [1.29, 1.82) is 0 Å². The summed E-state index contributed by atoms with van der Waals surface area (Å²) in [4.78, 5) is 13.2. The predicted molar refractivity (Wildman–Crippen MR) is 132 cm³/mol. The molecule has 1 N–H and O–H groups in total. The van der Waals surface area contributed by atoms with Crippen LogP contribution in [0.4, 0.5) is 5.69 Å². The molecule has 1 saturated heterocycles. The summed E-state index contributed by atoms with van der Waals surface area (Å²) >= 11 is 0. The lowest BCUT2D eigenvalue weighted by molar-refractivity contribution is 0.00353. The largest absolute Gasteiger partial charge is 0.497 e. The first-order valence-electron chi connectivity index (χ1n) is 12.0. The van der Waals surface area contributed by atoms with Crippen LogP contribution >= 0.6 is 0 Å². The molecule has 8 nitrogen and oxygen atoms in total. The maximum Gasteiger partial charge on any atom is 0.142 e. The fourth-order valence-electron chi connectivity index (χ4n) is 4.82. The van der Waals surface area contributed by atoms with Crippen molar-refractivity contribution in [2.24, 2.45) is 5.18 Å². The van der Waals surface area contributed by atoms with Gasteiger partial charge >= 0.3 is 0 Å². The number of benzene rings is 2. The van der Waals surface area contributed by atoms with Gasteiger partial charge in [0.1, 0.15) is 18.1 Å². The van der Waals surface area contributed by atoms with E-state index >= 15 is 0 Å². The first-order valence-corrected chi connectivity index (χ1v) is 12.0. The second kappa shape index (κ2) is 12.1. The number of nitrogens with zero attached hydrogens (tertiary/aromatic N) is 2. The fourth-order valence-corrected chi connectivity index (χ4v) is 4.82. The van der Waals surface area contributed by atoms with E-state index in [1.54, 1.807) is 14.2 Å². The number of anilines is 1. The number of nitroso groups, excluding NO2 is 1. The van der Waals surface area contributed by atoms with Gasteiger partial charge in [0.2, 0.25) is 0 Å². The molecular weight excluding hydrogens is 434 g/mol. The Labute approximate surface area is 201 Å². The molecule has 2 aromatic rings. The number of fused-ring (bicyclic) bond motifs is 1. The number of nitrogens with one attached hydrogen (secondary N) is 1. The molecule has 4 rings (SSSR count). The van der Waals surface area contributed by atoms with Crippen LogP contribution in [0.25, 0.3) is 0 Å². The monoisotopic (exact) mass is 469 g/mol. The van der Waals surface area contributed by atoms with E-state index in [0.29, 0.717) is 19.8 Å². The highest BCUT2D eigenvalue weighted by Gasteiger charge is 2.32. The van der Waals surface area contributed by atoms with Crippen LogP contribution in [0.2, 0.25) is 0 Å². The molecule has 1 fully saturated rings. The molecule has 2 heterocycles. The number of hydrogen-bond acceptors (Lipinski definition) is 8. The Balaban J connectivity index is 1.45. The molecule has 2 aromatic carbocycles. The fraction of sp³-hybridized carbons (Fsp3) is 0.538. The van der Waals surface area contributed by atoms with Crippen LogP contribution in [-0.4, -0.2) is 65.8 Å². The highest BCUT2D eigenvalue weighted by Crippen LogP contribution is 2.35. The lowest BCUT2D eigenvalue weighted by Crippen LogP contribution is -2.48. The molecule has 0 unspecified atom stereocenters. The average Bonchev–Trinajstić information content (AvgIpc) is 2.88. The van der Waals surface area contributed by atoms with Crippen LogP contribution in [0.5, 0.6) is 11.5 Å². The van der Waals surface area contributed by atoms with E-state index in [-0.39, 0.29) is 24.6 Å². The third-order valence-corrected chi connectivity index (χ3v) is 6.66. The maximum atomic E-state index is 10.9. The number of ether oxygens (including phenoxy) is 4. The zero-order chi connectivity index (χ0) is 23.8. The quantitative estimate of drug-likeness (QED) is 0.397. The Morgan fingerprint density at radius 1 is 1.18 bits per heavy atom. The Morgan fingerprint density at radius 3 is 2.79 bits per heavy atom. The standard InChI is InChI=1S/C26H35N3O5/c1-31-12-3-10-29-11-13-33-25-9-4-19(14-24(25)29)18-34-26-17-27-21(16-28-30)15-23(26)20-5-7-22(32-2)8-6-20/h4-9,14,21,23,26-27H,3,10-13,15-18H2,1-2H3/t21-,23+,26-/m0/s1. The van der Waals surface area contributed by atoms with Crippen LogP contribution < -0.4 is 19.7 Å². The minimum Gasteiger partial charge on any atom is -0.497 e. The summed E-state index contributed by atoms with van der Waals surface area (Å²) in [7, 11) is 3.40. The van der Waals surface area contributed by atoms with Crippen LogP contribution in [-0.2, 0) is 16.1 Å². The van der Waals surface area contributed by atoms with Crippen molar-refractivity contribution in [2.45, 2.75) is 37.5 Å². The number of rotatable bonds is 11. The Bertz CT molecular complexity index is 923. The third-order valence-electron chi connectivity index (χ3n) is 6.66. The molecular formula is C26H35N3O5. The average molecular weight is 470 g/mol. The minimum absolute atomic E-state index is 0.0126. The van der Waals surface area contributed by atoms with Gasteiger partial charge in [0.05, 0.1) is 38.6 Å². The molecule has 0 saturated carbocycles. The van der Waals surface area contributed by atoms with E-state index < -0.39 is 0 Å². The van der Waals surface area contributed by atoms with Gasteiger partial charge < -0.3 is 29.2 Å². The normalized spacial score (nSPS) is 22.1. The molecule has 2 aliphatic rings. The van der Waals surface area contributed by atoms with Crippen molar-refractivity contribution >= 4 is 5.69 Å². The van der Waals surface area contributed by atoms with Gasteiger partial charge in [-0.15, -0.1) is 0 Å². The molecule has 0 amide bonds. The molecule has 3 atom stereocenters. The topological polar surface area (TPSA) is 81.6 Å². The molecule has 34 heavy (non-hydrogen) atoms. The summed E-state index contributed by atoms with van der Waals surface area (Å²) in [6, 6.07) is 14.5. The van der Waals surface area contributed by atoms with Crippen molar-refractivity contribution in [1.82, 2.24) is 5.32 Å². The van der Waals surface area contributed by atoms with Gasteiger partial charge in [0.15, 0.2) is 0 Å². The summed E-state index contributed by atoms with van der Waals surface area (Å²) < 4.78 is 22.9. The van der Waals surface area contributed by atoms with Crippen molar-refractivity contribution in [3.05, 3.63) is 58.5 Å². The van der Waals surface area contributed by atoms with Gasteiger partial charge in [-0.1, -0.05) is 23.4 Å². The van der Waals surface area contributed by atoms with Crippen LogP contribution in [0.15, 0.2) is 47.6 Å². The maximum absolute atomic E-state index is 10.9. The molecule has 2 aliphatic heterocycles. The Kier molecular flexibility index (Phi) is 8.73. The highest BCUT2D eigenvalue weighted by atomic mass is 16.5. The molecule has 184 valence electrons.